The molecule has 0 aliphatic carbocycles. The summed E-state index contributed by atoms with van der Waals surface area (Å²) in [6, 6.07) is 9.24. The SMILES string of the molecule is CC(C)(N)C(=O)N1CCN(C(=O)Nc2ccn(-c3ccc(CN4CC[C@H](N)C4)cc3)c(=O)n2)CC1.Cl. The van der Waals surface area contributed by atoms with Crippen molar-refractivity contribution < 1.29 is 9.59 Å². The van der Waals surface area contributed by atoms with Gasteiger partial charge in [-0.1, -0.05) is 12.1 Å². The van der Waals surface area contributed by atoms with Gasteiger partial charge in [-0.3, -0.25) is 19.6 Å². The van der Waals surface area contributed by atoms with E-state index >= 15 is 0 Å². The van der Waals surface area contributed by atoms with Crippen LogP contribution in [0.2, 0.25) is 0 Å². The van der Waals surface area contributed by atoms with Crippen LogP contribution in [0.15, 0.2) is 41.3 Å². The third kappa shape index (κ3) is 6.61. The summed E-state index contributed by atoms with van der Waals surface area (Å²) >= 11 is 0. The zero-order valence-corrected chi connectivity index (χ0v) is 21.5. The number of nitrogens with one attached hydrogen (secondary N) is 1. The fourth-order valence-corrected chi connectivity index (χ4v) is 4.40. The molecule has 4 rings (SSSR count). The maximum absolute atomic E-state index is 12.6. The second kappa shape index (κ2) is 11.4. The quantitative estimate of drug-likeness (QED) is 0.526. The first-order valence-corrected chi connectivity index (χ1v) is 11.9. The summed E-state index contributed by atoms with van der Waals surface area (Å²) in [4.78, 5) is 47.2. The molecule has 3 heterocycles. The summed E-state index contributed by atoms with van der Waals surface area (Å²) < 4.78 is 1.43. The van der Waals surface area contributed by atoms with Crippen LogP contribution in [0.3, 0.4) is 0 Å². The number of rotatable bonds is 5. The van der Waals surface area contributed by atoms with E-state index in [9.17, 15) is 14.4 Å². The summed E-state index contributed by atoms with van der Waals surface area (Å²) in [5.74, 6) is 0.0379. The van der Waals surface area contributed by atoms with Crippen molar-refractivity contribution in [2.75, 3.05) is 44.6 Å². The van der Waals surface area contributed by atoms with Crippen molar-refractivity contribution in [2.45, 2.75) is 38.4 Å². The number of urea groups is 1. The molecule has 0 spiro atoms. The van der Waals surface area contributed by atoms with Crippen LogP contribution in [0, 0.1) is 0 Å². The lowest BCUT2D eigenvalue weighted by molar-refractivity contribution is -0.137. The van der Waals surface area contributed by atoms with E-state index < -0.39 is 11.2 Å². The Labute approximate surface area is 216 Å². The van der Waals surface area contributed by atoms with Gasteiger partial charge in [0.1, 0.15) is 5.82 Å². The van der Waals surface area contributed by atoms with Crippen LogP contribution in [-0.4, -0.2) is 87.0 Å². The van der Waals surface area contributed by atoms with Crippen LogP contribution in [-0.2, 0) is 11.3 Å². The van der Waals surface area contributed by atoms with E-state index in [4.69, 9.17) is 11.5 Å². The van der Waals surface area contributed by atoms with Gasteiger partial charge >= 0.3 is 11.7 Å². The number of halogens is 1. The monoisotopic (exact) mass is 518 g/mol. The number of nitrogens with zero attached hydrogens (tertiary/aromatic N) is 5. The average Bonchev–Trinajstić information content (AvgIpc) is 3.23. The molecule has 1 aromatic heterocycles. The molecule has 196 valence electrons. The Balaban J connectivity index is 0.00000361. The third-order valence-electron chi connectivity index (χ3n) is 6.37. The zero-order chi connectivity index (χ0) is 25.2. The normalized spacial score (nSPS) is 18.6. The highest BCUT2D eigenvalue weighted by Crippen LogP contribution is 2.15. The van der Waals surface area contributed by atoms with Crippen LogP contribution in [0.4, 0.5) is 10.6 Å². The minimum Gasteiger partial charge on any atom is -0.338 e. The molecule has 3 amide bonds. The molecule has 0 unspecified atom stereocenters. The summed E-state index contributed by atoms with van der Waals surface area (Å²) in [6.45, 7) is 7.63. The van der Waals surface area contributed by atoms with Crippen LogP contribution in [0.5, 0.6) is 0 Å². The Morgan fingerprint density at radius 1 is 1.06 bits per heavy atom. The molecule has 0 bridgehead atoms. The molecule has 1 atom stereocenters. The van der Waals surface area contributed by atoms with Crippen LogP contribution in [0.1, 0.15) is 25.8 Å². The van der Waals surface area contributed by atoms with Gasteiger partial charge in [-0.2, -0.15) is 4.98 Å². The lowest BCUT2D eigenvalue weighted by atomic mass is 10.1. The second-order valence-corrected chi connectivity index (χ2v) is 9.85. The molecule has 0 saturated carbocycles. The van der Waals surface area contributed by atoms with Gasteiger partial charge in [0.25, 0.3) is 0 Å². The van der Waals surface area contributed by atoms with Gasteiger partial charge in [0, 0.05) is 58.1 Å². The first-order chi connectivity index (χ1) is 16.6. The molecule has 2 aliphatic heterocycles. The maximum Gasteiger partial charge on any atom is 0.354 e. The van der Waals surface area contributed by atoms with E-state index in [-0.39, 0.29) is 36.2 Å². The summed E-state index contributed by atoms with van der Waals surface area (Å²) in [5, 5.41) is 2.68. The Hall–Kier alpha value is -2.99. The fourth-order valence-electron chi connectivity index (χ4n) is 4.40. The molecule has 12 heteroatoms. The lowest BCUT2D eigenvalue weighted by Crippen LogP contribution is -2.58. The second-order valence-electron chi connectivity index (χ2n) is 9.85. The van der Waals surface area contributed by atoms with Crippen LogP contribution < -0.4 is 22.5 Å². The fraction of sp³-hybridized carbons (Fsp3) is 0.500. The number of hydrogen-bond acceptors (Lipinski definition) is 7. The molecule has 11 nitrogen and oxygen atoms in total. The van der Waals surface area contributed by atoms with Crippen molar-refractivity contribution in [3.05, 3.63) is 52.6 Å². The first-order valence-electron chi connectivity index (χ1n) is 11.9. The van der Waals surface area contributed by atoms with Crippen molar-refractivity contribution in [1.82, 2.24) is 24.3 Å². The van der Waals surface area contributed by atoms with Gasteiger partial charge in [-0.25, -0.2) is 9.59 Å². The van der Waals surface area contributed by atoms with Gasteiger partial charge in [0.15, 0.2) is 0 Å². The summed E-state index contributed by atoms with van der Waals surface area (Å²) in [5.41, 5.74) is 12.3. The number of carbonyl (C=O) groups is 2. The van der Waals surface area contributed by atoms with E-state index in [1.807, 2.05) is 24.3 Å². The Morgan fingerprint density at radius 3 is 2.25 bits per heavy atom. The molecule has 2 aliphatic rings. The predicted molar refractivity (Wildman–Crippen MR) is 140 cm³/mol. The molecular formula is C24H35ClN8O3. The van der Waals surface area contributed by atoms with Crippen molar-refractivity contribution in [3.63, 3.8) is 0 Å². The number of nitrogens with two attached hydrogens (primary N) is 2. The molecule has 36 heavy (non-hydrogen) atoms. The van der Waals surface area contributed by atoms with Crippen molar-refractivity contribution in [2.24, 2.45) is 11.5 Å². The molecular weight excluding hydrogens is 484 g/mol. The molecule has 2 aromatic rings. The molecule has 2 fully saturated rings. The number of anilines is 1. The van der Waals surface area contributed by atoms with Gasteiger partial charge in [0.05, 0.1) is 11.2 Å². The maximum atomic E-state index is 12.6. The molecule has 0 radical (unpaired) electrons. The Bertz CT molecular complexity index is 1120. The number of amides is 3. The first kappa shape index (κ1) is 27.6. The Kier molecular flexibility index (Phi) is 8.72. The van der Waals surface area contributed by atoms with Crippen molar-refractivity contribution in [1.29, 1.82) is 0 Å². The number of likely N-dealkylation sites (tertiary alicyclic amines) is 1. The number of carbonyl (C=O) groups excluding carboxylic acids is 2. The highest BCUT2D eigenvalue weighted by Gasteiger charge is 2.31. The summed E-state index contributed by atoms with van der Waals surface area (Å²) in [6.07, 6.45) is 2.62. The molecule has 2 saturated heterocycles. The minimum absolute atomic E-state index is 0. The topological polar surface area (TPSA) is 143 Å². The third-order valence-corrected chi connectivity index (χ3v) is 6.37. The van der Waals surface area contributed by atoms with Crippen LogP contribution in [0.25, 0.3) is 5.69 Å². The molecule has 5 N–H and O–H groups in total. The average molecular weight is 519 g/mol. The Morgan fingerprint density at radius 2 is 1.69 bits per heavy atom. The van der Waals surface area contributed by atoms with E-state index in [2.05, 4.69) is 15.2 Å². The van der Waals surface area contributed by atoms with Gasteiger partial charge in [-0.05, 0) is 44.0 Å². The zero-order valence-electron chi connectivity index (χ0n) is 20.7. The number of aromatic nitrogens is 2. The van der Waals surface area contributed by atoms with E-state index in [1.54, 1.807) is 35.9 Å². The minimum atomic E-state index is -0.944. The molecule has 1 aromatic carbocycles. The van der Waals surface area contributed by atoms with Gasteiger partial charge in [-0.15, -0.1) is 12.4 Å². The van der Waals surface area contributed by atoms with Crippen LogP contribution >= 0.6 is 12.4 Å². The highest BCUT2D eigenvalue weighted by molar-refractivity contribution is 5.89. The van der Waals surface area contributed by atoms with E-state index in [0.29, 0.717) is 31.9 Å². The van der Waals surface area contributed by atoms with E-state index in [1.165, 1.54) is 4.57 Å². The van der Waals surface area contributed by atoms with Gasteiger partial charge in [0.2, 0.25) is 5.91 Å². The smallest absolute Gasteiger partial charge is 0.338 e. The number of benzene rings is 1. The van der Waals surface area contributed by atoms with E-state index in [0.717, 1.165) is 31.6 Å². The highest BCUT2D eigenvalue weighted by atomic mass is 35.5. The predicted octanol–water partition coefficient (Wildman–Crippen LogP) is 0.601. The standard InChI is InChI=1S/C24H34N8O3.ClH/c1-24(2,26)21(33)30-11-13-31(14-12-30)22(34)27-20-8-10-32(23(35)28-20)19-5-3-17(4-6-19)15-29-9-7-18(25)16-29;/h3-6,8,10,18H,7,9,11-16,25-26H2,1-2H3,(H,27,28,34,35);1H/t18-;/m0./s1. The van der Waals surface area contributed by atoms with Gasteiger partial charge < -0.3 is 21.3 Å². The largest absolute Gasteiger partial charge is 0.354 e. The van der Waals surface area contributed by atoms with Crippen molar-refractivity contribution in [3.8, 4) is 5.69 Å². The summed E-state index contributed by atoms with van der Waals surface area (Å²) in [7, 11) is 0. The van der Waals surface area contributed by atoms with Crippen molar-refractivity contribution >= 4 is 30.2 Å². The number of hydrogen-bond donors (Lipinski definition) is 3. The number of piperazine rings is 1. The lowest BCUT2D eigenvalue weighted by Gasteiger charge is -2.37.